The molecule has 1 unspecified atom stereocenters. The van der Waals surface area contributed by atoms with Gasteiger partial charge in [-0.3, -0.25) is 4.79 Å². The molecule has 1 amide bonds. The Balaban J connectivity index is 2.46. The molecule has 0 aromatic heterocycles. The number of thioether (sulfide) groups is 1. The quantitative estimate of drug-likeness (QED) is 0.812. The van der Waals surface area contributed by atoms with Crippen LogP contribution in [0.5, 0.6) is 0 Å². The lowest BCUT2D eigenvalue weighted by Crippen LogP contribution is -2.31. The largest absolute Gasteiger partial charge is 0.327 e. The van der Waals surface area contributed by atoms with E-state index in [0.29, 0.717) is 6.42 Å². The Bertz CT molecular complexity index is 409. The zero-order valence-corrected chi connectivity index (χ0v) is 13.0. The Hall–Kier alpha value is -1.00. The summed E-state index contributed by atoms with van der Waals surface area (Å²) in [4.78, 5) is 13.0. The molecular weight excluding hydrogens is 256 g/mol. The van der Waals surface area contributed by atoms with Crippen molar-refractivity contribution in [3.8, 4) is 0 Å². The molecule has 0 saturated carbocycles. The highest BCUT2D eigenvalue weighted by Crippen LogP contribution is 2.21. The van der Waals surface area contributed by atoms with Gasteiger partial charge in [-0.2, -0.15) is 0 Å². The first-order valence-electron chi connectivity index (χ1n) is 6.49. The minimum absolute atomic E-state index is 0.0198. The summed E-state index contributed by atoms with van der Waals surface area (Å²) in [5.41, 5.74) is 6.97. The number of amides is 1. The van der Waals surface area contributed by atoms with Crippen molar-refractivity contribution in [3.63, 3.8) is 0 Å². The first kappa shape index (κ1) is 16.1. The second kappa shape index (κ2) is 6.96. The summed E-state index contributed by atoms with van der Waals surface area (Å²) in [5, 5.41) is 2.88. The molecule has 1 aromatic carbocycles. The van der Waals surface area contributed by atoms with Crippen LogP contribution in [0.4, 0.5) is 5.69 Å². The maximum atomic E-state index is 11.9. The lowest BCUT2D eigenvalue weighted by atomic mass is 9.87. The van der Waals surface area contributed by atoms with E-state index in [-0.39, 0.29) is 17.4 Å². The van der Waals surface area contributed by atoms with Crippen molar-refractivity contribution in [2.75, 3.05) is 11.6 Å². The number of nitrogens with one attached hydrogen (secondary N) is 1. The van der Waals surface area contributed by atoms with E-state index < -0.39 is 0 Å². The van der Waals surface area contributed by atoms with Gasteiger partial charge in [0.15, 0.2) is 0 Å². The van der Waals surface area contributed by atoms with E-state index in [1.54, 1.807) is 11.8 Å². The van der Waals surface area contributed by atoms with Crippen LogP contribution in [0.1, 0.15) is 33.6 Å². The second-order valence-electron chi connectivity index (χ2n) is 6.01. The molecule has 0 aliphatic carbocycles. The molecule has 0 aliphatic heterocycles. The maximum Gasteiger partial charge on any atom is 0.225 e. The van der Waals surface area contributed by atoms with E-state index in [9.17, 15) is 4.79 Å². The lowest BCUT2D eigenvalue weighted by molar-refractivity contribution is -0.116. The Kier molecular flexibility index (Phi) is 5.88. The predicted octanol–water partition coefficient (Wildman–Crippen LogP) is 3.50. The first-order valence-corrected chi connectivity index (χ1v) is 7.72. The van der Waals surface area contributed by atoms with Gasteiger partial charge >= 0.3 is 0 Å². The summed E-state index contributed by atoms with van der Waals surface area (Å²) >= 11 is 1.68. The molecule has 3 N–H and O–H groups in total. The normalized spacial score (nSPS) is 13.1. The zero-order valence-electron chi connectivity index (χ0n) is 12.2. The van der Waals surface area contributed by atoms with Crippen LogP contribution in [-0.4, -0.2) is 18.2 Å². The van der Waals surface area contributed by atoms with Crippen LogP contribution >= 0.6 is 11.8 Å². The Labute approximate surface area is 120 Å². The smallest absolute Gasteiger partial charge is 0.225 e. The summed E-state index contributed by atoms with van der Waals surface area (Å²) in [6, 6.07) is 7.73. The average Bonchev–Trinajstić information content (AvgIpc) is 2.27. The average molecular weight is 280 g/mol. The zero-order chi connectivity index (χ0) is 14.5. The summed E-state index contributed by atoms with van der Waals surface area (Å²) in [6.07, 6.45) is 3.23. The van der Waals surface area contributed by atoms with Gasteiger partial charge in [-0.25, -0.2) is 0 Å². The van der Waals surface area contributed by atoms with Gasteiger partial charge in [0.25, 0.3) is 0 Å². The molecule has 3 nitrogen and oxygen atoms in total. The van der Waals surface area contributed by atoms with Crippen LogP contribution in [0.2, 0.25) is 0 Å². The van der Waals surface area contributed by atoms with Crippen LogP contribution in [0.25, 0.3) is 0 Å². The molecule has 4 heteroatoms. The third kappa shape index (κ3) is 6.64. The van der Waals surface area contributed by atoms with Gasteiger partial charge in [-0.05, 0) is 42.4 Å². The Morgan fingerprint density at radius 1 is 1.32 bits per heavy atom. The highest BCUT2D eigenvalue weighted by Gasteiger charge is 2.18. The minimum Gasteiger partial charge on any atom is -0.327 e. The molecule has 19 heavy (non-hydrogen) atoms. The fraction of sp³-hybridized carbons (Fsp3) is 0.533. The van der Waals surface area contributed by atoms with Crippen molar-refractivity contribution in [3.05, 3.63) is 24.3 Å². The van der Waals surface area contributed by atoms with Crippen LogP contribution in [-0.2, 0) is 4.79 Å². The summed E-state index contributed by atoms with van der Waals surface area (Å²) in [5.74, 6) is -0.0198. The number of rotatable bonds is 5. The van der Waals surface area contributed by atoms with Gasteiger partial charge in [-0.1, -0.05) is 20.8 Å². The Morgan fingerprint density at radius 2 is 1.89 bits per heavy atom. The molecule has 0 spiro atoms. The third-order valence-electron chi connectivity index (χ3n) is 2.70. The van der Waals surface area contributed by atoms with Gasteiger partial charge in [0, 0.05) is 23.0 Å². The number of carbonyl (C=O) groups excluding carboxylic acids is 1. The molecule has 0 bridgehead atoms. The molecule has 1 aromatic rings. The van der Waals surface area contributed by atoms with Gasteiger partial charge in [0.05, 0.1) is 0 Å². The van der Waals surface area contributed by atoms with Gasteiger partial charge < -0.3 is 11.1 Å². The van der Waals surface area contributed by atoms with E-state index >= 15 is 0 Å². The minimum atomic E-state index is -0.0922. The van der Waals surface area contributed by atoms with Crippen molar-refractivity contribution >= 4 is 23.4 Å². The predicted molar refractivity (Wildman–Crippen MR) is 83.5 cm³/mol. The van der Waals surface area contributed by atoms with Crippen molar-refractivity contribution < 1.29 is 4.79 Å². The van der Waals surface area contributed by atoms with Crippen LogP contribution in [0.3, 0.4) is 0 Å². The molecule has 0 radical (unpaired) electrons. The lowest BCUT2D eigenvalue weighted by Gasteiger charge is -2.22. The van der Waals surface area contributed by atoms with Crippen molar-refractivity contribution in [2.45, 2.75) is 44.6 Å². The molecule has 0 saturated heterocycles. The summed E-state index contributed by atoms with van der Waals surface area (Å²) in [6.45, 7) is 6.39. The second-order valence-corrected chi connectivity index (χ2v) is 6.89. The topological polar surface area (TPSA) is 55.1 Å². The van der Waals surface area contributed by atoms with Crippen LogP contribution < -0.4 is 11.1 Å². The third-order valence-corrected chi connectivity index (χ3v) is 3.44. The molecule has 106 valence electrons. The van der Waals surface area contributed by atoms with E-state index in [2.05, 4.69) is 26.1 Å². The van der Waals surface area contributed by atoms with E-state index in [1.807, 2.05) is 30.5 Å². The van der Waals surface area contributed by atoms with Gasteiger partial charge in [-0.15, -0.1) is 11.8 Å². The number of hydrogen-bond acceptors (Lipinski definition) is 3. The number of nitrogens with two attached hydrogens (primary N) is 1. The molecular formula is C15H24N2OS. The molecule has 0 heterocycles. The molecule has 0 aliphatic rings. The van der Waals surface area contributed by atoms with Crippen molar-refractivity contribution in [1.82, 2.24) is 0 Å². The standard InChI is InChI=1S/C15H24N2OS/c1-15(2,3)10-11(16)9-14(18)17-12-5-7-13(19-4)8-6-12/h5-8,11H,9-10,16H2,1-4H3,(H,17,18). The van der Waals surface area contributed by atoms with Crippen LogP contribution in [0, 0.1) is 5.41 Å². The van der Waals surface area contributed by atoms with Gasteiger partial charge in [0.2, 0.25) is 5.91 Å². The summed E-state index contributed by atoms with van der Waals surface area (Å²) < 4.78 is 0. The number of benzene rings is 1. The molecule has 1 rings (SSSR count). The Morgan fingerprint density at radius 3 is 2.37 bits per heavy atom. The van der Waals surface area contributed by atoms with Gasteiger partial charge in [0.1, 0.15) is 0 Å². The molecule has 0 fully saturated rings. The fourth-order valence-electron chi connectivity index (χ4n) is 1.98. The molecule has 1 atom stereocenters. The number of carbonyl (C=O) groups is 1. The van der Waals surface area contributed by atoms with Crippen LogP contribution in [0.15, 0.2) is 29.2 Å². The number of hydrogen-bond donors (Lipinski definition) is 2. The fourth-order valence-corrected chi connectivity index (χ4v) is 2.39. The van der Waals surface area contributed by atoms with E-state index in [0.717, 1.165) is 12.1 Å². The van der Waals surface area contributed by atoms with E-state index in [4.69, 9.17) is 5.73 Å². The van der Waals surface area contributed by atoms with E-state index in [1.165, 1.54) is 4.90 Å². The maximum absolute atomic E-state index is 11.9. The van der Waals surface area contributed by atoms with Crippen molar-refractivity contribution in [1.29, 1.82) is 0 Å². The first-order chi connectivity index (χ1) is 8.80. The monoisotopic (exact) mass is 280 g/mol. The van der Waals surface area contributed by atoms with Crippen molar-refractivity contribution in [2.24, 2.45) is 11.1 Å². The highest BCUT2D eigenvalue weighted by atomic mass is 32.2. The number of anilines is 1. The SMILES string of the molecule is CSc1ccc(NC(=O)CC(N)CC(C)(C)C)cc1. The summed E-state index contributed by atoms with van der Waals surface area (Å²) in [7, 11) is 0. The highest BCUT2D eigenvalue weighted by molar-refractivity contribution is 7.98.